The highest BCUT2D eigenvalue weighted by molar-refractivity contribution is 14.1. The minimum absolute atomic E-state index is 0.193. The molecule has 0 fully saturated rings. The Morgan fingerprint density at radius 3 is 2.47 bits per heavy atom. The van der Waals surface area contributed by atoms with Crippen molar-refractivity contribution in [3.8, 4) is 0 Å². The summed E-state index contributed by atoms with van der Waals surface area (Å²) in [6.07, 6.45) is 0. The van der Waals surface area contributed by atoms with E-state index in [2.05, 4.69) is 54.5 Å². The van der Waals surface area contributed by atoms with Crippen LogP contribution in [0.25, 0.3) is 0 Å². The molecule has 90 valence electrons. The highest BCUT2D eigenvalue weighted by Gasteiger charge is 2.17. The van der Waals surface area contributed by atoms with Gasteiger partial charge in [-0.15, -0.1) is 22.9 Å². The second-order valence-corrected chi connectivity index (χ2v) is 9.07. The van der Waals surface area contributed by atoms with E-state index in [-0.39, 0.29) is 5.38 Å². The van der Waals surface area contributed by atoms with Crippen LogP contribution >= 0.6 is 89.0 Å². The molecule has 1 aromatic heterocycles. The monoisotopic (exact) mass is 524 g/mol. The number of hydrogen-bond acceptors (Lipinski definition) is 1. The fourth-order valence-corrected chi connectivity index (χ4v) is 5.31. The third-order valence-electron chi connectivity index (χ3n) is 2.19. The molecule has 17 heavy (non-hydrogen) atoms. The van der Waals surface area contributed by atoms with Gasteiger partial charge in [-0.3, -0.25) is 0 Å². The Morgan fingerprint density at radius 2 is 1.94 bits per heavy atom. The molecule has 1 aromatic carbocycles. The van der Waals surface area contributed by atoms with Crippen molar-refractivity contribution < 1.29 is 0 Å². The van der Waals surface area contributed by atoms with Gasteiger partial charge in [-0.2, -0.15) is 0 Å². The maximum atomic E-state index is 6.47. The van der Waals surface area contributed by atoms with Crippen molar-refractivity contribution in [1.29, 1.82) is 0 Å². The van der Waals surface area contributed by atoms with Gasteiger partial charge in [0.05, 0.1) is 18.0 Å². The van der Waals surface area contributed by atoms with Gasteiger partial charge in [0.15, 0.2) is 0 Å². The second-order valence-electron chi connectivity index (χ2n) is 3.32. The largest absolute Gasteiger partial charge is 0.121 e. The standard InChI is InChI=1S/C11H5Br2Cl2IS/c12-9-4-6(11(13)17-9)10(15)5-1-2-8(16)7(14)3-5/h1-4,10H. The number of alkyl halides is 1. The van der Waals surface area contributed by atoms with Crippen molar-refractivity contribution in [2.24, 2.45) is 0 Å². The number of hydrogen-bond donors (Lipinski definition) is 0. The van der Waals surface area contributed by atoms with Crippen LogP contribution in [0.5, 0.6) is 0 Å². The van der Waals surface area contributed by atoms with E-state index >= 15 is 0 Å². The quantitative estimate of drug-likeness (QED) is 0.296. The fourth-order valence-electron chi connectivity index (χ4n) is 1.38. The average Bonchev–Trinajstić information content (AvgIpc) is 2.61. The van der Waals surface area contributed by atoms with Gasteiger partial charge in [0.2, 0.25) is 0 Å². The Hall–Kier alpha value is 1.19. The van der Waals surface area contributed by atoms with E-state index in [0.29, 0.717) is 0 Å². The molecule has 6 heteroatoms. The topological polar surface area (TPSA) is 0 Å². The van der Waals surface area contributed by atoms with Crippen LogP contribution in [0.15, 0.2) is 31.8 Å². The average molecular weight is 527 g/mol. The molecule has 0 aliphatic heterocycles. The molecule has 0 nitrogen and oxygen atoms in total. The Labute approximate surface area is 144 Å². The van der Waals surface area contributed by atoms with Crippen molar-refractivity contribution in [2.75, 3.05) is 0 Å². The zero-order valence-electron chi connectivity index (χ0n) is 8.18. The van der Waals surface area contributed by atoms with E-state index in [1.807, 2.05) is 24.3 Å². The molecule has 0 aliphatic carbocycles. The molecule has 1 heterocycles. The zero-order chi connectivity index (χ0) is 12.6. The summed E-state index contributed by atoms with van der Waals surface area (Å²) >= 11 is 23.4. The van der Waals surface area contributed by atoms with Crippen LogP contribution in [-0.4, -0.2) is 0 Å². The molecular weight excluding hydrogens is 522 g/mol. The van der Waals surface area contributed by atoms with E-state index in [9.17, 15) is 0 Å². The summed E-state index contributed by atoms with van der Waals surface area (Å²) in [6, 6.07) is 7.92. The highest BCUT2D eigenvalue weighted by atomic mass is 127. The molecule has 1 unspecified atom stereocenters. The smallest absolute Gasteiger partial charge is 0.0855 e. The molecular formula is C11H5Br2Cl2IS. The minimum Gasteiger partial charge on any atom is -0.121 e. The Kier molecular flexibility index (Phi) is 5.23. The molecule has 2 rings (SSSR count). The van der Waals surface area contributed by atoms with Crippen LogP contribution in [0.1, 0.15) is 16.5 Å². The van der Waals surface area contributed by atoms with Gasteiger partial charge in [-0.05, 0) is 78.2 Å². The van der Waals surface area contributed by atoms with E-state index < -0.39 is 0 Å². The molecule has 0 saturated carbocycles. The Morgan fingerprint density at radius 1 is 1.24 bits per heavy atom. The van der Waals surface area contributed by atoms with E-state index in [4.69, 9.17) is 23.2 Å². The van der Waals surface area contributed by atoms with Gasteiger partial charge in [-0.25, -0.2) is 0 Å². The lowest BCUT2D eigenvalue weighted by atomic mass is 10.1. The lowest BCUT2D eigenvalue weighted by molar-refractivity contribution is 1.14. The summed E-state index contributed by atoms with van der Waals surface area (Å²) in [6.45, 7) is 0. The molecule has 0 amide bonds. The van der Waals surface area contributed by atoms with Gasteiger partial charge in [0.25, 0.3) is 0 Å². The molecule has 1 atom stereocenters. The maximum Gasteiger partial charge on any atom is 0.0855 e. The van der Waals surface area contributed by atoms with Crippen LogP contribution in [0.2, 0.25) is 5.02 Å². The molecule has 0 radical (unpaired) electrons. The van der Waals surface area contributed by atoms with Gasteiger partial charge in [-0.1, -0.05) is 17.7 Å². The summed E-state index contributed by atoms with van der Waals surface area (Å²) in [5.74, 6) is 0. The lowest BCUT2D eigenvalue weighted by Crippen LogP contribution is -1.92. The van der Waals surface area contributed by atoms with Gasteiger partial charge >= 0.3 is 0 Å². The van der Waals surface area contributed by atoms with Crippen molar-refractivity contribution in [1.82, 2.24) is 0 Å². The molecule has 0 bridgehead atoms. The number of rotatable bonds is 2. The molecule has 0 saturated heterocycles. The summed E-state index contributed by atoms with van der Waals surface area (Å²) < 4.78 is 3.13. The highest BCUT2D eigenvalue weighted by Crippen LogP contribution is 2.41. The summed E-state index contributed by atoms with van der Waals surface area (Å²) in [7, 11) is 0. The molecule has 2 aromatic rings. The predicted molar refractivity (Wildman–Crippen MR) is 91.6 cm³/mol. The predicted octanol–water partition coefficient (Wildman–Crippen LogP) is 6.86. The van der Waals surface area contributed by atoms with Crippen LogP contribution < -0.4 is 0 Å². The molecule has 0 spiro atoms. The van der Waals surface area contributed by atoms with Gasteiger partial charge < -0.3 is 0 Å². The zero-order valence-corrected chi connectivity index (χ0v) is 15.8. The van der Waals surface area contributed by atoms with E-state index in [1.54, 1.807) is 11.3 Å². The fraction of sp³-hybridized carbons (Fsp3) is 0.0909. The lowest BCUT2D eigenvalue weighted by Gasteiger charge is -2.10. The first kappa shape index (κ1) is 14.6. The first-order valence-corrected chi connectivity index (χ1v) is 8.82. The number of benzene rings is 1. The maximum absolute atomic E-state index is 6.47. The third-order valence-corrected chi connectivity index (χ3v) is 6.64. The van der Waals surface area contributed by atoms with E-state index in [0.717, 1.165) is 27.3 Å². The molecule has 0 N–H and O–H groups in total. The normalized spacial score (nSPS) is 12.8. The van der Waals surface area contributed by atoms with Gasteiger partial charge in [0.1, 0.15) is 0 Å². The number of halogens is 5. The second kappa shape index (κ2) is 6.09. The first-order valence-electron chi connectivity index (χ1n) is 4.53. The van der Waals surface area contributed by atoms with Gasteiger partial charge in [0, 0.05) is 9.13 Å². The third kappa shape index (κ3) is 3.39. The van der Waals surface area contributed by atoms with Crippen LogP contribution in [-0.2, 0) is 0 Å². The van der Waals surface area contributed by atoms with Crippen molar-refractivity contribution in [3.05, 3.63) is 51.6 Å². The summed E-state index contributed by atoms with van der Waals surface area (Å²) in [4.78, 5) is 0. The number of thiophene rings is 1. The van der Waals surface area contributed by atoms with Crippen molar-refractivity contribution in [2.45, 2.75) is 5.38 Å². The Balaban J connectivity index is 2.40. The first-order chi connectivity index (χ1) is 7.99. The van der Waals surface area contributed by atoms with Crippen LogP contribution in [0, 0.1) is 3.57 Å². The van der Waals surface area contributed by atoms with Crippen molar-refractivity contribution in [3.63, 3.8) is 0 Å². The van der Waals surface area contributed by atoms with E-state index in [1.165, 1.54) is 0 Å². The summed E-state index contributed by atoms with van der Waals surface area (Å²) in [5.41, 5.74) is 2.06. The summed E-state index contributed by atoms with van der Waals surface area (Å²) in [5, 5.41) is 0.542. The van der Waals surface area contributed by atoms with Crippen molar-refractivity contribution >= 4 is 89.0 Å². The van der Waals surface area contributed by atoms with Crippen LogP contribution in [0.4, 0.5) is 0 Å². The SMILES string of the molecule is Clc1cc(C(Cl)c2cc(Br)sc2Br)ccc1I. The molecule has 0 aliphatic rings. The Bertz CT molecular complexity index is 556. The minimum atomic E-state index is -0.193. The van der Waals surface area contributed by atoms with Crippen LogP contribution in [0.3, 0.4) is 0 Å².